The topological polar surface area (TPSA) is 89.1 Å². The molecule has 8 nitrogen and oxygen atoms in total. The van der Waals surface area contributed by atoms with Crippen LogP contribution >= 0.6 is 11.6 Å². The highest BCUT2D eigenvalue weighted by molar-refractivity contribution is 7.83. The van der Waals surface area contributed by atoms with Crippen molar-refractivity contribution in [2.24, 2.45) is 29.6 Å². The van der Waals surface area contributed by atoms with E-state index < -0.39 is 11.0 Å². The maximum Gasteiger partial charge on any atom is 0.263 e. The van der Waals surface area contributed by atoms with Gasteiger partial charge in [-0.15, -0.1) is 0 Å². The van der Waals surface area contributed by atoms with Crippen molar-refractivity contribution in [3.8, 4) is 5.75 Å². The lowest BCUT2D eigenvalue weighted by molar-refractivity contribution is -0.224. The summed E-state index contributed by atoms with van der Waals surface area (Å²) in [6.45, 7) is 10.3. The van der Waals surface area contributed by atoms with Gasteiger partial charge in [-0.05, 0) is 118 Å². The fourth-order valence-corrected chi connectivity index (χ4v) is 9.18. The van der Waals surface area contributed by atoms with Crippen LogP contribution in [0.25, 0.3) is 0 Å². The van der Waals surface area contributed by atoms with Gasteiger partial charge in [0.05, 0.1) is 25.5 Å². The van der Waals surface area contributed by atoms with E-state index in [4.69, 9.17) is 25.8 Å². The highest BCUT2D eigenvalue weighted by atomic mass is 35.5. The number of anilines is 1. The van der Waals surface area contributed by atoms with Gasteiger partial charge < -0.3 is 24.4 Å². The lowest BCUT2D eigenvalue weighted by atomic mass is 9.64. The van der Waals surface area contributed by atoms with Crippen LogP contribution in [0, 0.1) is 29.6 Å². The minimum Gasteiger partial charge on any atom is -0.491 e. The molecule has 6 unspecified atom stereocenters. The van der Waals surface area contributed by atoms with Crippen LogP contribution in [-0.2, 0) is 26.9 Å². The van der Waals surface area contributed by atoms with E-state index in [0.717, 1.165) is 74.9 Å². The van der Waals surface area contributed by atoms with Gasteiger partial charge in [0.15, 0.2) is 6.29 Å². The van der Waals surface area contributed by atoms with Crippen molar-refractivity contribution in [1.82, 2.24) is 10.0 Å². The molecule has 2 bridgehead atoms. The van der Waals surface area contributed by atoms with Gasteiger partial charge in [-0.1, -0.05) is 44.9 Å². The second-order valence-corrected chi connectivity index (χ2v) is 16.0. The van der Waals surface area contributed by atoms with E-state index in [1.807, 2.05) is 32.3 Å². The summed E-state index contributed by atoms with van der Waals surface area (Å²) in [6.07, 6.45) is 7.17. The van der Waals surface area contributed by atoms with E-state index in [9.17, 15) is 9.00 Å². The van der Waals surface area contributed by atoms with E-state index in [-0.39, 0.29) is 24.0 Å². The zero-order valence-corrected chi connectivity index (χ0v) is 31.0. The number of carbonyl (C=O) groups excluding carboxylic acids is 1. The number of rotatable bonds is 4. The number of amides is 1. The van der Waals surface area contributed by atoms with Crippen molar-refractivity contribution in [3.05, 3.63) is 58.1 Å². The first-order valence-corrected chi connectivity index (χ1v) is 19.7. The molecule has 10 heteroatoms. The fourth-order valence-electron chi connectivity index (χ4n) is 7.78. The number of aryl methyl sites for hydroxylation is 1. The molecule has 1 aliphatic carbocycles. The molecule has 0 aromatic heterocycles. The predicted molar refractivity (Wildman–Crippen MR) is 195 cm³/mol. The van der Waals surface area contributed by atoms with Crippen LogP contribution in [0.15, 0.2) is 36.4 Å². The predicted octanol–water partition coefficient (Wildman–Crippen LogP) is 6.98. The van der Waals surface area contributed by atoms with Gasteiger partial charge in [-0.2, -0.15) is 0 Å². The van der Waals surface area contributed by atoms with Crippen LogP contribution in [0.4, 0.5) is 5.69 Å². The van der Waals surface area contributed by atoms with Gasteiger partial charge in [-0.3, -0.25) is 9.52 Å². The molecule has 2 aromatic carbocycles. The summed E-state index contributed by atoms with van der Waals surface area (Å²) in [6, 6.07) is 11.9. The fraction of sp³-hybridized carbons (Fsp3) is 0.658. The normalized spacial score (nSPS) is 30.0. The standard InChI is InChI=1S/C36H49ClN2O5S.C2H7N/c1-4-6-25-17-29(37)10-13-30(25)28-20-39-19-27-8-12-31(27)32(36-42-15-5-16-43-36)11-7-23(2)24(3)22-45(41)38-35(40)26-9-14-34(44-21-28)33(39)18-26;1-3-2/h9-10,13-14,17-18,23-24,27-28,31-32,36H,4-8,11-12,15-16,19-22H2,1-3H3,(H,38,40);3H,1-2H3/t23-,24?,27?,28?,31?,32?,45?;/m0./s1. The Bertz CT molecular complexity index is 1390. The summed E-state index contributed by atoms with van der Waals surface area (Å²) in [5.41, 5.74) is 4.00. The zero-order valence-electron chi connectivity index (χ0n) is 29.5. The largest absolute Gasteiger partial charge is 0.491 e. The van der Waals surface area contributed by atoms with Crippen LogP contribution in [0.3, 0.4) is 0 Å². The Kier molecular flexibility index (Phi) is 13.6. The number of hydrogen-bond donors (Lipinski definition) is 2. The third kappa shape index (κ3) is 9.13. The maximum atomic E-state index is 13.4. The van der Waals surface area contributed by atoms with Gasteiger partial charge >= 0.3 is 0 Å². The Hall–Kier alpha value is -2.17. The van der Waals surface area contributed by atoms with Gasteiger partial charge in [0.2, 0.25) is 0 Å². The molecule has 266 valence electrons. The van der Waals surface area contributed by atoms with Crippen LogP contribution in [0.1, 0.15) is 86.7 Å². The van der Waals surface area contributed by atoms with E-state index in [0.29, 0.717) is 41.6 Å². The summed E-state index contributed by atoms with van der Waals surface area (Å²) in [5.74, 6) is 2.96. The Labute approximate surface area is 295 Å². The Morgan fingerprint density at radius 3 is 2.44 bits per heavy atom. The average molecular weight is 702 g/mol. The Morgan fingerprint density at radius 2 is 1.73 bits per heavy atom. The van der Waals surface area contributed by atoms with Crippen molar-refractivity contribution < 1.29 is 23.2 Å². The lowest BCUT2D eigenvalue weighted by Crippen LogP contribution is -2.47. The minimum atomic E-state index is -1.47. The maximum absolute atomic E-state index is 13.4. The van der Waals surface area contributed by atoms with Crippen molar-refractivity contribution in [2.45, 2.75) is 77.9 Å². The summed E-state index contributed by atoms with van der Waals surface area (Å²) < 4.78 is 34.9. The first kappa shape index (κ1) is 37.1. The number of halogens is 1. The molecule has 3 heterocycles. The van der Waals surface area contributed by atoms with E-state index >= 15 is 0 Å². The third-order valence-electron chi connectivity index (χ3n) is 10.7. The van der Waals surface area contributed by atoms with Crippen LogP contribution in [0.2, 0.25) is 5.02 Å². The number of benzene rings is 2. The number of ether oxygens (including phenoxy) is 3. The second kappa shape index (κ2) is 17.7. The summed E-state index contributed by atoms with van der Waals surface area (Å²) >= 11 is 6.45. The van der Waals surface area contributed by atoms with Crippen molar-refractivity contribution >= 4 is 34.2 Å². The Morgan fingerprint density at radius 1 is 0.979 bits per heavy atom. The first-order valence-electron chi connectivity index (χ1n) is 18.0. The molecule has 4 aliphatic rings. The van der Waals surface area contributed by atoms with E-state index in [2.05, 4.69) is 47.8 Å². The minimum absolute atomic E-state index is 0.147. The quantitative estimate of drug-likeness (QED) is 0.356. The lowest BCUT2D eigenvalue weighted by Gasteiger charge is -2.47. The number of hydrogen-bond acceptors (Lipinski definition) is 7. The molecule has 1 saturated heterocycles. The molecule has 2 N–H and O–H groups in total. The molecule has 48 heavy (non-hydrogen) atoms. The van der Waals surface area contributed by atoms with Crippen LogP contribution in [-0.4, -0.2) is 69.2 Å². The Balaban J connectivity index is 0.00000145. The van der Waals surface area contributed by atoms with Crippen LogP contribution < -0.4 is 19.7 Å². The molecular weight excluding hydrogens is 646 g/mol. The van der Waals surface area contributed by atoms with E-state index in [1.54, 1.807) is 6.07 Å². The highest BCUT2D eigenvalue weighted by Gasteiger charge is 2.43. The number of carbonyl (C=O) groups is 1. The van der Waals surface area contributed by atoms with Crippen molar-refractivity contribution in [3.63, 3.8) is 0 Å². The van der Waals surface area contributed by atoms with Gasteiger partial charge in [0.1, 0.15) is 16.7 Å². The number of nitrogens with zero attached hydrogens (tertiary/aromatic N) is 1. The van der Waals surface area contributed by atoms with Gasteiger partial charge in [0, 0.05) is 41.3 Å². The monoisotopic (exact) mass is 701 g/mol. The van der Waals surface area contributed by atoms with Gasteiger partial charge in [0.25, 0.3) is 5.91 Å². The summed E-state index contributed by atoms with van der Waals surface area (Å²) in [7, 11) is 2.28. The zero-order chi connectivity index (χ0) is 34.2. The molecular formula is C38H56ClN3O5S. The number of nitrogens with one attached hydrogen (secondary N) is 2. The summed E-state index contributed by atoms with van der Waals surface area (Å²) in [5, 5.41) is 3.51. The van der Waals surface area contributed by atoms with Crippen molar-refractivity contribution in [2.75, 3.05) is 57.7 Å². The first-order chi connectivity index (χ1) is 23.2. The summed E-state index contributed by atoms with van der Waals surface area (Å²) in [4.78, 5) is 15.8. The molecule has 2 aromatic rings. The SMILES string of the molecule is CCCc1cc(Cl)ccc1C1COc2ccc3cc2N(C1)CC1CCC1C(C1OCCCO1)CC[C@H](C)C(C)CS(=O)NC3=O.CNC. The van der Waals surface area contributed by atoms with Crippen LogP contribution in [0.5, 0.6) is 5.75 Å². The molecule has 0 radical (unpaired) electrons. The molecule has 1 amide bonds. The van der Waals surface area contributed by atoms with Crippen molar-refractivity contribution in [1.29, 1.82) is 0 Å². The molecule has 7 atom stereocenters. The molecule has 2 fully saturated rings. The molecule has 6 rings (SSSR count). The smallest absolute Gasteiger partial charge is 0.263 e. The molecule has 3 aliphatic heterocycles. The highest BCUT2D eigenvalue weighted by Crippen LogP contribution is 2.47. The molecule has 1 saturated carbocycles. The van der Waals surface area contributed by atoms with E-state index in [1.165, 1.54) is 24.0 Å². The number of fused-ring (bicyclic) bond motifs is 2. The average Bonchev–Trinajstić information content (AvgIpc) is 3.24. The second-order valence-electron chi connectivity index (χ2n) is 14.3. The van der Waals surface area contributed by atoms with Gasteiger partial charge in [-0.25, -0.2) is 4.21 Å². The molecule has 0 spiro atoms. The third-order valence-corrected chi connectivity index (χ3v) is 12.2.